The number of primary amides is 1. The van der Waals surface area contributed by atoms with E-state index in [4.69, 9.17) is 11.5 Å². The second-order valence-electron chi connectivity index (χ2n) is 1.62. The zero-order valence-corrected chi connectivity index (χ0v) is 4.61. The monoisotopic (exact) mass is 126 g/mol. The molecule has 4 N–H and O–H groups in total. The first-order valence-corrected chi connectivity index (χ1v) is 2.36. The average Bonchev–Trinajstić information content (AvgIpc) is 2.13. The molecule has 1 rings (SSSR count). The second-order valence-corrected chi connectivity index (χ2v) is 1.62. The second kappa shape index (κ2) is 1.85. The van der Waals surface area contributed by atoms with E-state index >= 15 is 0 Å². The van der Waals surface area contributed by atoms with Gasteiger partial charge >= 0.3 is 0 Å². The molecule has 0 bridgehead atoms. The van der Waals surface area contributed by atoms with Crippen LogP contribution in [0, 0.1) is 0 Å². The summed E-state index contributed by atoms with van der Waals surface area (Å²) in [5, 5.41) is 0. The highest BCUT2D eigenvalue weighted by molar-refractivity contribution is 6.11. The Morgan fingerprint density at radius 3 is 2.67 bits per heavy atom. The topological polar surface area (TPSA) is 93.8 Å². The third-order valence-corrected chi connectivity index (χ3v) is 0.972. The maximum atomic E-state index is 10.4. The van der Waals surface area contributed by atoms with Gasteiger partial charge in [0.1, 0.15) is 12.2 Å². The minimum Gasteiger partial charge on any atom is -0.385 e. The van der Waals surface area contributed by atoms with Crippen molar-refractivity contribution in [3.8, 4) is 0 Å². The number of amides is 1. The Kier molecular flexibility index (Phi) is 1.18. The summed E-state index contributed by atoms with van der Waals surface area (Å²) >= 11 is 0. The summed E-state index contributed by atoms with van der Waals surface area (Å²) in [5.74, 6) is -0.396. The summed E-state index contributed by atoms with van der Waals surface area (Å²) < 4.78 is 0. The molecule has 0 spiro atoms. The number of carbonyl (C=O) groups is 1. The van der Waals surface area contributed by atoms with Gasteiger partial charge in [0.15, 0.2) is 6.04 Å². The van der Waals surface area contributed by atoms with Gasteiger partial charge in [-0.3, -0.25) is 9.79 Å². The summed E-state index contributed by atoms with van der Waals surface area (Å²) in [4.78, 5) is 17.5. The van der Waals surface area contributed by atoms with Crippen LogP contribution in [0.4, 0.5) is 0 Å². The molecule has 0 saturated carbocycles. The summed E-state index contributed by atoms with van der Waals surface area (Å²) in [5.41, 5.74) is 10.1. The molecule has 0 unspecified atom stereocenters. The van der Waals surface area contributed by atoms with Crippen molar-refractivity contribution in [2.24, 2.45) is 21.5 Å². The summed E-state index contributed by atoms with van der Waals surface area (Å²) in [6.07, 6.45) is 1.23. The van der Waals surface area contributed by atoms with E-state index in [9.17, 15) is 4.79 Å². The molecule has 48 valence electrons. The zero-order valence-electron chi connectivity index (χ0n) is 4.61. The third kappa shape index (κ3) is 0.883. The highest BCUT2D eigenvalue weighted by Gasteiger charge is 2.20. The smallest absolute Gasteiger partial charge is 0.250 e. The van der Waals surface area contributed by atoms with Crippen molar-refractivity contribution >= 4 is 18.1 Å². The van der Waals surface area contributed by atoms with Gasteiger partial charge in [0.05, 0.1) is 0 Å². The van der Waals surface area contributed by atoms with E-state index in [1.54, 1.807) is 0 Å². The minimum absolute atomic E-state index is 0.169. The third-order valence-electron chi connectivity index (χ3n) is 0.972. The first kappa shape index (κ1) is 5.74. The van der Waals surface area contributed by atoms with Crippen molar-refractivity contribution in [1.82, 2.24) is 0 Å². The Hall–Kier alpha value is -1.39. The number of hydrogen-bond donors (Lipinski definition) is 2. The lowest BCUT2D eigenvalue weighted by atomic mass is 10.3. The van der Waals surface area contributed by atoms with E-state index in [1.165, 1.54) is 6.34 Å². The molecule has 0 fully saturated rings. The number of nitrogens with zero attached hydrogens (tertiary/aromatic N) is 2. The van der Waals surface area contributed by atoms with Gasteiger partial charge < -0.3 is 11.5 Å². The van der Waals surface area contributed by atoms with Gasteiger partial charge in [0, 0.05) is 0 Å². The minimum atomic E-state index is -0.731. The van der Waals surface area contributed by atoms with Gasteiger partial charge in [-0.25, -0.2) is 4.99 Å². The molecular weight excluding hydrogens is 120 g/mol. The molecule has 1 aliphatic heterocycles. The van der Waals surface area contributed by atoms with Gasteiger partial charge in [0.2, 0.25) is 5.91 Å². The molecule has 0 aliphatic carbocycles. The van der Waals surface area contributed by atoms with Crippen LogP contribution in [0.25, 0.3) is 0 Å². The quantitative estimate of drug-likeness (QED) is 0.435. The number of amidine groups is 1. The Balaban J connectivity index is 2.74. The van der Waals surface area contributed by atoms with Crippen molar-refractivity contribution in [2.75, 3.05) is 0 Å². The predicted octanol–water partition coefficient (Wildman–Crippen LogP) is -1.76. The standard InChI is InChI=1S/C4H6N4O/c5-3-2(4(6)9)7-1-8-3/h1-2H,(H2,6,9)(H2,5,7,8)/t2-/m1/s1. The zero-order chi connectivity index (χ0) is 6.85. The lowest BCUT2D eigenvalue weighted by Gasteiger charge is -1.98. The van der Waals surface area contributed by atoms with Crippen LogP contribution in [0.15, 0.2) is 9.98 Å². The molecule has 5 nitrogen and oxygen atoms in total. The van der Waals surface area contributed by atoms with E-state index < -0.39 is 11.9 Å². The van der Waals surface area contributed by atoms with Gasteiger partial charge in [-0.1, -0.05) is 0 Å². The lowest BCUT2D eigenvalue weighted by molar-refractivity contribution is -0.117. The molecule has 0 aromatic heterocycles. The molecule has 0 saturated heterocycles. The van der Waals surface area contributed by atoms with Gasteiger partial charge in [-0.2, -0.15) is 0 Å². The summed E-state index contributed by atoms with van der Waals surface area (Å²) in [6.45, 7) is 0. The maximum Gasteiger partial charge on any atom is 0.250 e. The highest BCUT2D eigenvalue weighted by Crippen LogP contribution is 1.94. The number of hydrogen-bond acceptors (Lipinski definition) is 4. The van der Waals surface area contributed by atoms with Crippen molar-refractivity contribution in [3.63, 3.8) is 0 Å². The van der Waals surface area contributed by atoms with Crippen molar-refractivity contribution in [1.29, 1.82) is 0 Å². The van der Waals surface area contributed by atoms with Crippen LogP contribution in [-0.2, 0) is 4.79 Å². The molecule has 5 heteroatoms. The largest absolute Gasteiger partial charge is 0.385 e. The molecule has 9 heavy (non-hydrogen) atoms. The van der Waals surface area contributed by atoms with Crippen LogP contribution in [0.5, 0.6) is 0 Å². The Labute approximate surface area is 51.5 Å². The van der Waals surface area contributed by atoms with Crippen molar-refractivity contribution < 1.29 is 4.79 Å². The molecule has 1 heterocycles. The fourth-order valence-corrected chi connectivity index (χ4v) is 0.533. The number of aliphatic imine (C=N–C) groups is 2. The van der Waals surface area contributed by atoms with Crippen LogP contribution in [0.1, 0.15) is 0 Å². The summed E-state index contributed by atoms with van der Waals surface area (Å²) in [6, 6.07) is -0.731. The number of carbonyl (C=O) groups excluding carboxylic acids is 1. The van der Waals surface area contributed by atoms with Gasteiger partial charge in [-0.15, -0.1) is 0 Å². The van der Waals surface area contributed by atoms with Crippen LogP contribution in [-0.4, -0.2) is 24.1 Å². The number of nitrogens with two attached hydrogens (primary N) is 2. The molecule has 0 radical (unpaired) electrons. The van der Waals surface area contributed by atoms with Crippen LogP contribution < -0.4 is 11.5 Å². The predicted molar refractivity (Wildman–Crippen MR) is 33.1 cm³/mol. The van der Waals surface area contributed by atoms with Crippen LogP contribution in [0.2, 0.25) is 0 Å². The van der Waals surface area contributed by atoms with E-state index in [1.807, 2.05) is 0 Å². The Morgan fingerprint density at radius 2 is 2.44 bits per heavy atom. The van der Waals surface area contributed by atoms with Gasteiger partial charge in [-0.05, 0) is 0 Å². The first-order chi connectivity index (χ1) is 4.22. The molecule has 1 aliphatic rings. The fourth-order valence-electron chi connectivity index (χ4n) is 0.533. The molecule has 0 aromatic carbocycles. The highest BCUT2D eigenvalue weighted by atomic mass is 16.1. The summed E-state index contributed by atoms with van der Waals surface area (Å²) in [7, 11) is 0. The molecule has 1 amide bonds. The fraction of sp³-hybridized carbons (Fsp3) is 0.250. The van der Waals surface area contributed by atoms with Gasteiger partial charge in [0.25, 0.3) is 0 Å². The Morgan fingerprint density at radius 1 is 1.78 bits per heavy atom. The number of rotatable bonds is 1. The SMILES string of the molecule is NC(=O)[C@@H]1N=CN=C1N. The van der Waals surface area contributed by atoms with E-state index in [2.05, 4.69) is 9.98 Å². The van der Waals surface area contributed by atoms with Crippen LogP contribution in [0.3, 0.4) is 0 Å². The average molecular weight is 126 g/mol. The van der Waals surface area contributed by atoms with Crippen molar-refractivity contribution in [3.05, 3.63) is 0 Å². The lowest BCUT2D eigenvalue weighted by Crippen LogP contribution is -2.36. The molecular formula is C4H6N4O. The molecule has 1 atom stereocenters. The van der Waals surface area contributed by atoms with Crippen molar-refractivity contribution in [2.45, 2.75) is 6.04 Å². The normalized spacial score (nSPS) is 24.0. The van der Waals surface area contributed by atoms with E-state index in [0.717, 1.165) is 0 Å². The Bertz CT molecular complexity index is 195. The van der Waals surface area contributed by atoms with Crippen LogP contribution >= 0.6 is 0 Å². The molecule has 0 aromatic rings. The van der Waals surface area contributed by atoms with E-state index in [-0.39, 0.29) is 5.84 Å². The van der Waals surface area contributed by atoms with E-state index in [0.29, 0.717) is 0 Å². The maximum absolute atomic E-state index is 10.4. The first-order valence-electron chi connectivity index (χ1n) is 2.36.